The Hall–Kier alpha value is -1.46. The first kappa shape index (κ1) is 17.9. The molecule has 23 heavy (non-hydrogen) atoms. The van der Waals surface area contributed by atoms with Crippen molar-refractivity contribution in [2.75, 3.05) is 39.4 Å². The number of rotatable bonds is 7. The molecular weight excluding hydrogens is 316 g/mol. The Morgan fingerprint density at radius 2 is 2.00 bits per heavy atom. The van der Waals surface area contributed by atoms with Crippen molar-refractivity contribution in [3.8, 4) is 11.5 Å². The molecule has 6 heteroatoms. The summed E-state index contributed by atoms with van der Waals surface area (Å²) in [4.78, 5) is 14.5. The molecule has 1 fully saturated rings. The molecule has 128 valence electrons. The molecule has 1 heterocycles. The largest absolute Gasteiger partial charge is 0.490 e. The number of amides is 1. The van der Waals surface area contributed by atoms with Gasteiger partial charge in [0, 0.05) is 31.7 Å². The number of nitrogens with zero attached hydrogens (tertiary/aromatic N) is 1. The van der Waals surface area contributed by atoms with Gasteiger partial charge in [-0.1, -0.05) is 24.9 Å². The average Bonchev–Trinajstić information content (AvgIpc) is 2.57. The van der Waals surface area contributed by atoms with E-state index >= 15 is 0 Å². The van der Waals surface area contributed by atoms with Gasteiger partial charge in [-0.05, 0) is 25.5 Å². The highest BCUT2D eigenvalue weighted by atomic mass is 35.5. The van der Waals surface area contributed by atoms with E-state index in [1.807, 2.05) is 11.8 Å². The lowest BCUT2D eigenvalue weighted by Gasteiger charge is -2.27. The number of carbonyl (C=O) groups excluding carboxylic acids is 1. The second-order valence-electron chi connectivity index (χ2n) is 5.46. The summed E-state index contributed by atoms with van der Waals surface area (Å²) in [6.45, 7) is 8.11. The molecule has 0 radical (unpaired) electrons. The Labute approximate surface area is 142 Å². The van der Waals surface area contributed by atoms with E-state index in [2.05, 4.69) is 12.2 Å². The third-order valence-electron chi connectivity index (χ3n) is 3.70. The fourth-order valence-corrected chi connectivity index (χ4v) is 2.73. The van der Waals surface area contributed by atoms with E-state index in [9.17, 15) is 4.79 Å². The molecule has 0 saturated carbocycles. The Bertz CT molecular complexity index is 531. The summed E-state index contributed by atoms with van der Waals surface area (Å²) >= 11 is 6.34. The van der Waals surface area contributed by atoms with Gasteiger partial charge in [0.05, 0.1) is 18.2 Å². The van der Waals surface area contributed by atoms with Gasteiger partial charge in [0.15, 0.2) is 11.5 Å². The van der Waals surface area contributed by atoms with Crippen LogP contribution in [-0.2, 0) is 0 Å². The lowest BCUT2D eigenvalue weighted by molar-refractivity contribution is 0.0735. The van der Waals surface area contributed by atoms with E-state index in [-0.39, 0.29) is 5.91 Å². The van der Waals surface area contributed by atoms with Crippen LogP contribution >= 0.6 is 11.6 Å². The number of halogens is 1. The smallest absolute Gasteiger partial charge is 0.254 e. The zero-order valence-corrected chi connectivity index (χ0v) is 14.6. The van der Waals surface area contributed by atoms with Gasteiger partial charge in [-0.2, -0.15) is 0 Å². The van der Waals surface area contributed by atoms with Crippen molar-refractivity contribution in [3.05, 3.63) is 22.7 Å². The van der Waals surface area contributed by atoms with Crippen molar-refractivity contribution < 1.29 is 14.3 Å². The summed E-state index contributed by atoms with van der Waals surface area (Å²) < 4.78 is 11.4. The van der Waals surface area contributed by atoms with Crippen LogP contribution in [0.1, 0.15) is 37.0 Å². The Balaban J connectivity index is 2.21. The van der Waals surface area contributed by atoms with E-state index in [1.165, 1.54) is 0 Å². The van der Waals surface area contributed by atoms with Gasteiger partial charge < -0.3 is 19.7 Å². The molecule has 0 unspecified atom stereocenters. The average molecular weight is 341 g/mol. The molecule has 0 aromatic heterocycles. The monoisotopic (exact) mass is 340 g/mol. The van der Waals surface area contributed by atoms with Gasteiger partial charge in [-0.15, -0.1) is 0 Å². The number of piperazine rings is 1. The number of nitrogens with one attached hydrogen (secondary N) is 1. The molecule has 0 bridgehead atoms. The molecule has 0 aliphatic carbocycles. The summed E-state index contributed by atoms with van der Waals surface area (Å²) in [6, 6.07) is 3.41. The van der Waals surface area contributed by atoms with Crippen molar-refractivity contribution >= 4 is 17.5 Å². The normalized spacial score (nSPS) is 14.7. The zero-order chi connectivity index (χ0) is 16.7. The van der Waals surface area contributed by atoms with Crippen LogP contribution in [0.5, 0.6) is 11.5 Å². The number of ether oxygens (including phenoxy) is 2. The molecular formula is C17H25ClN2O3. The quantitative estimate of drug-likeness (QED) is 0.775. The van der Waals surface area contributed by atoms with E-state index in [1.54, 1.807) is 12.1 Å². The van der Waals surface area contributed by atoms with Crippen LogP contribution in [0.25, 0.3) is 0 Å². The van der Waals surface area contributed by atoms with Gasteiger partial charge in [-0.25, -0.2) is 0 Å². The van der Waals surface area contributed by atoms with Gasteiger partial charge in [0.25, 0.3) is 5.91 Å². The summed E-state index contributed by atoms with van der Waals surface area (Å²) in [6.07, 6.45) is 1.99. The van der Waals surface area contributed by atoms with E-state index in [4.69, 9.17) is 21.1 Å². The maximum Gasteiger partial charge on any atom is 0.254 e. The fraction of sp³-hybridized carbons (Fsp3) is 0.588. The molecule has 0 spiro atoms. The topological polar surface area (TPSA) is 50.8 Å². The molecule has 1 amide bonds. The molecule has 0 atom stereocenters. The van der Waals surface area contributed by atoms with Crippen LogP contribution in [0.2, 0.25) is 5.02 Å². The summed E-state index contributed by atoms with van der Waals surface area (Å²) in [5.74, 6) is 1.04. The highest BCUT2D eigenvalue weighted by molar-refractivity contribution is 6.32. The van der Waals surface area contributed by atoms with E-state index in [0.29, 0.717) is 48.4 Å². The molecule has 1 aliphatic rings. The number of benzene rings is 1. The van der Waals surface area contributed by atoms with E-state index in [0.717, 1.165) is 25.9 Å². The maximum atomic E-state index is 12.6. The Morgan fingerprint density at radius 1 is 1.26 bits per heavy atom. The molecule has 1 N–H and O–H groups in total. The Kier molecular flexibility index (Phi) is 6.99. The first-order valence-corrected chi connectivity index (χ1v) is 8.64. The molecule has 1 aromatic rings. The fourth-order valence-electron chi connectivity index (χ4n) is 2.46. The SMILES string of the molecule is CCCCOc1c(Cl)cc(C(=O)N2CCNCC2)cc1OCC. The van der Waals surface area contributed by atoms with E-state index < -0.39 is 0 Å². The van der Waals surface area contributed by atoms with Crippen molar-refractivity contribution in [2.24, 2.45) is 0 Å². The van der Waals surface area contributed by atoms with Crippen LogP contribution in [0.3, 0.4) is 0 Å². The van der Waals surface area contributed by atoms with Crippen molar-refractivity contribution in [1.82, 2.24) is 10.2 Å². The number of unbranched alkanes of at least 4 members (excludes halogenated alkanes) is 1. The molecule has 1 saturated heterocycles. The predicted octanol–water partition coefficient (Wildman–Crippen LogP) is 2.96. The standard InChI is InChI=1S/C17H25ClN2O3/c1-3-5-10-23-16-14(18)11-13(12-15(16)22-4-2)17(21)20-8-6-19-7-9-20/h11-12,19H,3-10H2,1-2H3. The first-order chi connectivity index (χ1) is 11.2. The first-order valence-electron chi connectivity index (χ1n) is 8.26. The lowest BCUT2D eigenvalue weighted by atomic mass is 10.1. The van der Waals surface area contributed by atoms with Gasteiger partial charge >= 0.3 is 0 Å². The van der Waals surface area contributed by atoms with Crippen LogP contribution in [0, 0.1) is 0 Å². The van der Waals surface area contributed by atoms with Gasteiger partial charge in [-0.3, -0.25) is 4.79 Å². The van der Waals surface area contributed by atoms with Crippen molar-refractivity contribution in [2.45, 2.75) is 26.7 Å². The minimum Gasteiger partial charge on any atom is -0.490 e. The summed E-state index contributed by atoms with van der Waals surface area (Å²) in [7, 11) is 0. The third kappa shape index (κ3) is 4.75. The number of hydrogen-bond acceptors (Lipinski definition) is 4. The van der Waals surface area contributed by atoms with Crippen molar-refractivity contribution in [3.63, 3.8) is 0 Å². The van der Waals surface area contributed by atoms with Crippen LogP contribution in [0.4, 0.5) is 0 Å². The molecule has 5 nitrogen and oxygen atoms in total. The summed E-state index contributed by atoms with van der Waals surface area (Å²) in [5.41, 5.74) is 0.545. The third-order valence-corrected chi connectivity index (χ3v) is 3.99. The summed E-state index contributed by atoms with van der Waals surface area (Å²) in [5, 5.41) is 3.66. The van der Waals surface area contributed by atoms with Gasteiger partial charge in [0.1, 0.15) is 0 Å². The van der Waals surface area contributed by atoms with Gasteiger partial charge in [0.2, 0.25) is 0 Å². The minimum absolute atomic E-state index is 0.0190. The minimum atomic E-state index is -0.0190. The lowest BCUT2D eigenvalue weighted by Crippen LogP contribution is -2.46. The number of carbonyl (C=O) groups is 1. The molecule has 1 aromatic carbocycles. The van der Waals surface area contributed by atoms with Crippen LogP contribution in [0.15, 0.2) is 12.1 Å². The highest BCUT2D eigenvalue weighted by Gasteiger charge is 2.21. The van der Waals surface area contributed by atoms with Crippen LogP contribution in [-0.4, -0.2) is 50.2 Å². The second-order valence-corrected chi connectivity index (χ2v) is 5.87. The maximum absolute atomic E-state index is 12.6. The van der Waals surface area contributed by atoms with Crippen LogP contribution < -0.4 is 14.8 Å². The molecule has 1 aliphatic heterocycles. The molecule has 2 rings (SSSR count). The van der Waals surface area contributed by atoms with Crippen molar-refractivity contribution in [1.29, 1.82) is 0 Å². The predicted molar refractivity (Wildman–Crippen MR) is 91.8 cm³/mol. The second kappa shape index (κ2) is 8.99. The zero-order valence-electron chi connectivity index (χ0n) is 13.9. The Morgan fingerprint density at radius 3 is 2.65 bits per heavy atom. The highest BCUT2D eigenvalue weighted by Crippen LogP contribution is 2.37. The number of hydrogen-bond donors (Lipinski definition) is 1.